The maximum absolute atomic E-state index is 13.4. The summed E-state index contributed by atoms with van der Waals surface area (Å²) in [5.74, 6) is -1.78. The molecule has 172 valence electrons. The molecule has 0 spiro atoms. The Kier molecular flexibility index (Phi) is 8.02. The minimum Gasteiger partial charge on any atom is -0.484 e. The first kappa shape index (κ1) is 24.2. The molecule has 0 saturated carbocycles. The van der Waals surface area contributed by atoms with Crippen LogP contribution in [0, 0.1) is 18.6 Å². The predicted octanol–water partition coefficient (Wildman–Crippen LogP) is 5.01. The normalized spacial score (nSPS) is 10.5. The Morgan fingerprint density at radius 3 is 1.85 bits per heavy atom. The van der Waals surface area contributed by atoms with E-state index in [-0.39, 0.29) is 40.6 Å². The SMILES string of the molecule is Cc1nc(NC(=O)COc2ccc(Cl)c(F)c2)ccc1NC(=O)COc1ccc(Cl)c(F)c1. The van der Waals surface area contributed by atoms with Crippen molar-refractivity contribution in [2.75, 3.05) is 23.8 Å². The van der Waals surface area contributed by atoms with E-state index in [4.69, 9.17) is 32.7 Å². The van der Waals surface area contributed by atoms with Crippen molar-refractivity contribution in [1.82, 2.24) is 4.98 Å². The lowest BCUT2D eigenvalue weighted by Gasteiger charge is -2.11. The van der Waals surface area contributed by atoms with Gasteiger partial charge in [-0.15, -0.1) is 0 Å². The molecule has 1 heterocycles. The van der Waals surface area contributed by atoms with Gasteiger partial charge in [0.2, 0.25) is 0 Å². The molecule has 0 saturated heterocycles. The molecule has 2 aromatic carbocycles. The molecule has 0 atom stereocenters. The number of amides is 2. The Balaban J connectivity index is 1.50. The van der Waals surface area contributed by atoms with Gasteiger partial charge in [0.25, 0.3) is 11.8 Å². The molecule has 2 amide bonds. The molecule has 7 nitrogen and oxygen atoms in total. The fraction of sp³-hybridized carbons (Fsp3) is 0.136. The number of anilines is 2. The van der Waals surface area contributed by atoms with Gasteiger partial charge in [0, 0.05) is 12.1 Å². The minimum absolute atomic E-state index is 0.0499. The average molecular weight is 496 g/mol. The minimum atomic E-state index is -0.657. The van der Waals surface area contributed by atoms with Gasteiger partial charge in [-0.3, -0.25) is 9.59 Å². The largest absolute Gasteiger partial charge is 0.484 e. The van der Waals surface area contributed by atoms with E-state index in [1.165, 1.54) is 30.3 Å². The summed E-state index contributed by atoms with van der Waals surface area (Å²) in [6.07, 6.45) is 0. The van der Waals surface area contributed by atoms with E-state index in [0.717, 1.165) is 12.1 Å². The van der Waals surface area contributed by atoms with Crippen molar-refractivity contribution in [2.24, 2.45) is 0 Å². The highest BCUT2D eigenvalue weighted by Gasteiger charge is 2.11. The maximum Gasteiger partial charge on any atom is 0.263 e. The molecule has 0 aliphatic rings. The zero-order chi connectivity index (χ0) is 24.0. The molecule has 3 rings (SSSR count). The van der Waals surface area contributed by atoms with E-state index in [0.29, 0.717) is 11.4 Å². The topological polar surface area (TPSA) is 89.5 Å². The van der Waals surface area contributed by atoms with Crippen LogP contribution >= 0.6 is 23.2 Å². The Morgan fingerprint density at radius 1 is 0.848 bits per heavy atom. The van der Waals surface area contributed by atoms with Crippen LogP contribution in [0.2, 0.25) is 10.0 Å². The molecular formula is C22H17Cl2F2N3O4. The number of aryl methyl sites for hydroxylation is 1. The Labute approximate surface area is 197 Å². The first-order chi connectivity index (χ1) is 15.7. The molecule has 2 N–H and O–H groups in total. The molecular weight excluding hydrogens is 479 g/mol. The molecule has 0 radical (unpaired) electrons. The Morgan fingerprint density at radius 2 is 1.36 bits per heavy atom. The monoisotopic (exact) mass is 495 g/mol. The molecule has 0 aliphatic carbocycles. The number of ether oxygens (including phenoxy) is 2. The third kappa shape index (κ3) is 7.03. The van der Waals surface area contributed by atoms with Crippen molar-refractivity contribution >= 4 is 46.5 Å². The summed E-state index contributed by atoms with van der Waals surface area (Å²) in [5.41, 5.74) is 0.830. The summed E-state index contributed by atoms with van der Waals surface area (Å²) in [5, 5.41) is 5.05. The molecule has 33 heavy (non-hydrogen) atoms. The smallest absolute Gasteiger partial charge is 0.263 e. The van der Waals surface area contributed by atoms with Crippen molar-refractivity contribution in [3.05, 3.63) is 75.9 Å². The van der Waals surface area contributed by atoms with Crippen LogP contribution in [0.4, 0.5) is 20.3 Å². The molecule has 0 bridgehead atoms. The van der Waals surface area contributed by atoms with Crippen molar-refractivity contribution < 1.29 is 27.8 Å². The summed E-state index contributed by atoms with van der Waals surface area (Å²) < 4.78 is 37.3. The van der Waals surface area contributed by atoms with Crippen LogP contribution in [-0.4, -0.2) is 30.0 Å². The van der Waals surface area contributed by atoms with E-state index in [2.05, 4.69) is 15.6 Å². The molecule has 0 aliphatic heterocycles. The molecule has 11 heteroatoms. The highest BCUT2D eigenvalue weighted by atomic mass is 35.5. The summed E-state index contributed by atoms with van der Waals surface area (Å²) in [6, 6.07) is 10.7. The van der Waals surface area contributed by atoms with Crippen LogP contribution in [0.1, 0.15) is 5.69 Å². The second-order valence-electron chi connectivity index (χ2n) is 6.65. The third-order valence-corrected chi connectivity index (χ3v) is 4.76. The van der Waals surface area contributed by atoms with Crippen LogP contribution in [0.5, 0.6) is 11.5 Å². The second kappa shape index (κ2) is 10.9. The summed E-state index contributed by atoms with van der Waals surface area (Å²) in [4.78, 5) is 28.4. The van der Waals surface area contributed by atoms with Gasteiger partial charge in [-0.2, -0.15) is 0 Å². The number of halogens is 4. The van der Waals surface area contributed by atoms with Crippen molar-refractivity contribution in [3.8, 4) is 11.5 Å². The number of rotatable bonds is 8. The molecule has 1 aromatic heterocycles. The number of carbonyl (C=O) groups excluding carboxylic acids is 2. The molecule has 0 fully saturated rings. The van der Waals surface area contributed by atoms with Gasteiger partial charge >= 0.3 is 0 Å². The van der Waals surface area contributed by atoms with E-state index >= 15 is 0 Å². The standard InChI is InChI=1S/C22H17Cl2F2N3O4/c1-12-19(28-21(30)10-32-13-2-4-15(23)17(25)8-13)6-7-20(27-12)29-22(31)11-33-14-3-5-16(24)18(26)9-14/h2-9H,10-11H2,1H3,(H,28,30)(H,27,29,31). The number of benzene rings is 2. The van der Waals surface area contributed by atoms with Crippen molar-refractivity contribution in [1.29, 1.82) is 0 Å². The van der Waals surface area contributed by atoms with Gasteiger partial charge in [-0.1, -0.05) is 23.2 Å². The van der Waals surface area contributed by atoms with E-state index < -0.39 is 23.4 Å². The Hall–Kier alpha value is -3.43. The van der Waals surface area contributed by atoms with Gasteiger partial charge in [0.1, 0.15) is 29.0 Å². The first-order valence-corrected chi connectivity index (χ1v) is 10.2. The third-order valence-electron chi connectivity index (χ3n) is 4.15. The van der Waals surface area contributed by atoms with Gasteiger partial charge in [0.05, 0.1) is 21.4 Å². The lowest BCUT2D eigenvalue weighted by Crippen LogP contribution is -2.22. The van der Waals surface area contributed by atoms with Crippen LogP contribution in [0.3, 0.4) is 0 Å². The number of nitrogens with zero attached hydrogens (tertiary/aromatic N) is 1. The fourth-order valence-corrected chi connectivity index (χ4v) is 2.79. The van der Waals surface area contributed by atoms with E-state index in [1.54, 1.807) is 13.0 Å². The van der Waals surface area contributed by atoms with Crippen LogP contribution in [0.25, 0.3) is 0 Å². The number of hydrogen-bond donors (Lipinski definition) is 2. The Bertz CT molecular complexity index is 1190. The van der Waals surface area contributed by atoms with Crippen molar-refractivity contribution in [3.63, 3.8) is 0 Å². The van der Waals surface area contributed by atoms with Crippen molar-refractivity contribution in [2.45, 2.75) is 6.92 Å². The average Bonchev–Trinajstić information content (AvgIpc) is 2.77. The van der Waals surface area contributed by atoms with E-state index in [9.17, 15) is 18.4 Å². The second-order valence-corrected chi connectivity index (χ2v) is 7.47. The first-order valence-electron chi connectivity index (χ1n) is 9.44. The number of pyridine rings is 1. The van der Waals surface area contributed by atoms with Crippen LogP contribution in [0.15, 0.2) is 48.5 Å². The molecule has 3 aromatic rings. The van der Waals surface area contributed by atoms with Gasteiger partial charge in [0.15, 0.2) is 13.2 Å². The molecule has 0 unspecified atom stereocenters. The van der Waals surface area contributed by atoms with Crippen LogP contribution in [-0.2, 0) is 9.59 Å². The number of carbonyl (C=O) groups is 2. The fourth-order valence-electron chi connectivity index (χ4n) is 2.56. The zero-order valence-electron chi connectivity index (χ0n) is 17.1. The van der Waals surface area contributed by atoms with Gasteiger partial charge < -0.3 is 20.1 Å². The number of hydrogen-bond acceptors (Lipinski definition) is 5. The van der Waals surface area contributed by atoms with Gasteiger partial charge in [-0.25, -0.2) is 13.8 Å². The lowest BCUT2D eigenvalue weighted by molar-refractivity contribution is -0.118. The van der Waals surface area contributed by atoms with Gasteiger partial charge in [-0.05, 0) is 43.3 Å². The van der Waals surface area contributed by atoms with E-state index in [1.807, 2.05) is 0 Å². The lowest BCUT2D eigenvalue weighted by atomic mass is 10.3. The highest BCUT2D eigenvalue weighted by Crippen LogP contribution is 2.22. The quantitative estimate of drug-likeness (QED) is 0.458. The zero-order valence-corrected chi connectivity index (χ0v) is 18.6. The number of aromatic nitrogens is 1. The van der Waals surface area contributed by atoms with Crippen LogP contribution < -0.4 is 20.1 Å². The highest BCUT2D eigenvalue weighted by molar-refractivity contribution is 6.31. The summed E-state index contributed by atoms with van der Waals surface area (Å²) >= 11 is 11.2. The number of nitrogens with one attached hydrogen (secondary N) is 2. The summed E-state index contributed by atoms with van der Waals surface area (Å²) in [7, 11) is 0. The predicted molar refractivity (Wildman–Crippen MR) is 120 cm³/mol. The summed E-state index contributed by atoms with van der Waals surface area (Å²) in [6.45, 7) is 0.901. The maximum atomic E-state index is 13.4.